The first kappa shape index (κ1) is 22.5. The second kappa shape index (κ2) is 8.16. The van der Waals surface area contributed by atoms with Crippen LogP contribution in [0.25, 0.3) is 16.8 Å². The predicted molar refractivity (Wildman–Crippen MR) is 132 cm³/mol. The summed E-state index contributed by atoms with van der Waals surface area (Å²) in [6.07, 6.45) is 0. The van der Waals surface area contributed by atoms with Gasteiger partial charge in [-0.1, -0.05) is 12.1 Å². The van der Waals surface area contributed by atoms with Crippen molar-refractivity contribution in [2.24, 2.45) is 0 Å². The van der Waals surface area contributed by atoms with E-state index in [4.69, 9.17) is 9.15 Å². The third-order valence-electron chi connectivity index (χ3n) is 6.21. The molecular formula is C27H25N3O5. The summed E-state index contributed by atoms with van der Waals surface area (Å²) in [7, 11) is 1.50. The monoisotopic (exact) mass is 471 g/mol. The first-order valence-electron chi connectivity index (χ1n) is 11.2. The highest BCUT2D eigenvalue weighted by Gasteiger charge is 2.50. The number of amides is 1. The van der Waals surface area contributed by atoms with Crippen LogP contribution in [0.4, 0.5) is 5.95 Å². The Labute approximate surface area is 201 Å². The number of ether oxygens (including phenoxy) is 1. The lowest BCUT2D eigenvalue weighted by Gasteiger charge is -2.21. The van der Waals surface area contributed by atoms with Crippen molar-refractivity contribution in [3.63, 3.8) is 0 Å². The van der Waals surface area contributed by atoms with E-state index in [1.165, 1.54) is 12.0 Å². The number of H-pyrrole nitrogens is 1. The number of benzene rings is 2. The van der Waals surface area contributed by atoms with E-state index in [9.17, 15) is 14.7 Å². The standard InChI is InChI=1S/C27H25N3O5/c1-13-6-8-18-19(12-13)29-27(28-18)30-22(20-9-7-16(4)35-20)21(24(32)26(30)33)23(31)17-11-14(2)10-15(3)25(17)34-5/h6-12,22,31H,1-5H3,(H,28,29)/b23-21+. The van der Waals surface area contributed by atoms with Gasteiger partial charge in [-0.25, -0.2) is 4.98 Å². The molecule has 4 aromatic rings. The third kappa shape index (κ3) is 3.58. The minimum atomic E-state index is -1.02. The number of aromatic nitrogens is 2. The summed E-state index contributed by atoms with van der Waals surface area (Å²) in [6, 6.07) is 11.7. The van der Waals surface area contributed by atoms with E-state index in [0.29, 0.717) is 28.4 Å². The van der Waals surface area contributed by atoms with Gasteiger partial charge in [0.2, 0.25) is 5.95 Å². The summed E-state index contributed by atoms with van der Waals surface area (Å²) < 4.78 is 11.4. The quantitative estimate of drug-likeness (QED) is 0.246. The largest absolute Gasteiger partial charge is 0.507 e. The second-order valence-electron chi connectivity index (χ2n) is 8.86. The zero-order valence-electron chi connectivity index (χ0n) is 20.1. The maximum Gasteiger partial charge on any atom is 0.302 e. The van der Waals surface area contributed by atoms with Crippen LogP contribution < -0.4 is 9.64 Å². The number of Topliss-reactive ketones (excluding diaryl/α,β-unsaturated/α-hetero) is 1. The molecule has 0 saturated carbocycles. The van der Waals surface area contributed by atoms with Gasteiger partial charge in [-0.2, -0.15) is 0 Å². The highest BCUT2D eigenvalue weighted by molar-refractivity contribution is 6.51. The van der Waals surface area contributed by atoms with E-state index < -0.39 is 17.7 Å². The molecule has 2 N–H and O–H groups in total. The lowest BCUT2D eigenvalue weighted by molar-refractivity contribution is -0.132. The van der Waals surface area contributed by atoms with Gasteiger partial charge >= 0.3 is 5.91 Å². The van der Waals surface area contributed by atoms with Crippen LogP contribution in [0.15, 0.2) is 52.5 Å². The number of fused-ring (bicyclic) bond motifs is 1. The predicted octanol–water partition coefficient (Wildman–Crippen LogP) is 5.02. The van der Waals surface area contributed by atoms with E-state index in [-0.39, 0.29) is 17.3 Å². The zero-order valence-corrected chi connectivity index (χ0v) is 20.1. The van der Waals surface area contributed by atoms with Crippen molar-refractivity contribution in [3.05, 3.63) is 81.8 Å². The second-order valence-corrected chi connectivity index (χ2v) is 8.86. The molecule has 1 aliphatic rings. The van der Waals surface area contributed by atoms with Crippen molar-refractivity contribution in [1.82, 2.24) is 9.97 Å². The first-order chi connectivity index (χ1) is 16.7. The SMILES string of the molecule is COc1c(C)cc(C)cc1/C(O)=C1\C(=O)C(=O)N(c2nc3ccc(C)cc3[nH]2)C1c1ccc(C)o1. The Morgan fingerprint density at radius 2 is 1.83 bits per heavy atom. The number of nitrogens with zero attached hydrogens (tertiary/aromatic N) is 2. The van der Waals surface area contributed by atoms with Crippen molar-refractivity contribution < 1.29 is 23.8 Å². The minimum absolute atomic E-state index is 0.0933. The fourth-order valence-electron chi connectivity index (χ4n) is 4.69. The number of furan rings is 1. The molecule has 1 aliphatic heterocycles. The Hall–Kier alpha value is -4.33. The van der Waals surface area contributed by atoms with Crippen LogP contribution in [0.3, 0.4) is 0 Å². The molecular weight excluding hydrogens is 446 g/mol. The topological polar surface area (TPSA) is 109 Å². The number of hydrogen-bond donors (Lipinski definition) is 2. The lowest BCUT2D eigenvalue weighted by Crippen LogP contribution is -2.30. The van der Waals surface area contributed by atoms with E-state index in [1.807, 2.05) is 45.0 Å². The molecule has 1 fully saturated rings. The molecule has 0 radical (unpaired) electrons. The molecule has 0 spiro atoms. The average molecular weight is 472 g/mol. The molecule has 178 valence electrons. The summed E-state index contributed by atoms with van der Waals surface area (Å²) in [6.45, 7) is 7.46. The lowest BCUT2D eigenvalue weighted by atomic mass is 9.96. The van der Waals surface area contributed by atoms with Crippen molar-refractivity contribution in [3.8, 4) is 5.75 Å². The Bertz CT molecular complexity index is 1540. The molecule has 8 heteroatoms. The van der Waals surface area contributed by atoms with Crippen LogP contribution in [0.1, 0.15) is 39.8 Å². The molecule has 35 heavy (non-hydrogen) atoms. The van der Waals surface area contributed by atoms with Crippen LogP contribution in [-0.2, 0) is 9.59 Å². The average Bonchev–Trinajstić information content (AvgIpc) is 3.48. The number of nitrogens with one attached hydrogen (secondary N) is 1. The van der Waals surface area contributed by atoms with Gasteiger partial charge in [0.15, 0.2) is 0 Å². The van der Waals surface area contributed by atoms with Gasteiger partial charge in [0.25, 0.3) is 5.78 Å². The van der Waals surface area contributed by atoms with Crippen LogP contribution in [0, 0.1) is 27.7 Å². The summed E-state index contributed by atoms with van der Waals surface area (Å²) in [5.41, 5.74) is 4.30. The molecule has 2 aromatic carbocycles. The molecule has 2 aromatic heterocycles. The molecule has 5 rings (SSSR count). The van der Waals surface area contributed by atoms with Gasteiger partial charge < -0.3 is 19.2 Å². The highest BCUT2D eigenvalue weighted by Crippen LogP contribution is 2.44. The van der Waals surface area contributed by atoms with Gasteiger partial charge in [0, 0.05) is 0 Å². The number of rotatable bonds is 4. The number of aromatic amines is 1. The Morgan fingerprint density at radius 1 is 1.06 bits per heavy atom. The number of imidazole rings is 1. The van der Waals surface area contributed by atoms with Gasteiger partial charge in [0.1, 0.15) is 29.1 Å². The van der Waals surface area contributed by atoms with Crippen LogP contribution >= 0.6 is 0 Å². The fourth-order valence-corrected chi connectivity index (χ4v) is 4.69. The Morgan fingerprint density at radius 3 is 2.51 bits per heavy atom. The van der Waals surface area contributed by atoms with Crippen molar-refractivity contribution in [1.29, 1.82) is 0 Å². The molecule has 8 nitrogen and oxygen atoms in total. The third-order valence-corrected chi connectivity index (χ3v) is 6.21. The number of carbonyl (C=O) groups is 2. The van der Waals surface area contributed by atoms with E-state index in [0.717, 1.165) is 22.2 Å². The van der Waals surface area contributed by atoms with Gasteiger partial charge in [-0.3, -0.25) is 14.5 Å². The number of aliphatic hydroxyl groups excluding tert-OH is 1. The minimum Gasteiger partial charge on any atom is -0.507 e. The van der Waals surface area contributed by atoms with Crippen molar-refractivity contribution in [2.75, 3.05) is 12.0 Å². The zero-order chi connectivity index (χ0) is 25.0. The molecule has 1 atom stereocenters. The molecule has 0 aliphatic carbocycles. The number of aryl methyl sites for hydroxylation is 4. The molecule has 1 amide bonds. The first-order valence-corrected chi connectivity index (χ1v) is 11.2. The maximum atomic E-state index is 13.4. The number of methoxy groups -OCH3 is 1. The molecule has 1 saturated heterocycles. The van der Waals surface area contributed by atoms with Gasteiger partial charge in [-0.05, 0) is 74.7 Å². The van der Waals surface area contributed by atoms with Gasteiger partial charge in [0.05, 0.1) is 29.3 Å². The van der Waals surface area contributed by atoms with Crippen molar-refractivity contribution >= 4 is 34.4 Å². The maximum absolute atomic E-state index is 13.4. The Balaban J connectivity index is 1.76. The van der Waals surface area contributed by atoms with E-state index in [1.54, 1.807) is 25.1 Å². The number of ketones is 1. The number of hydrogen-bond acceptors (Lipinski definition) is 6. The van der Waals surface area contributed by atoms with Crippen LogP contribution in [0.2, 0.25) is 0 Å². The number of carbonyl (C=O) groups excluding carboxylic acids is 2. The summed E-state index contributed by atoms with van der Waals surface area (Å²) in [4.78, 5) is 35.7. The highest BCUT2D eigenvalue weighted by atomic mass is 16.5. The van der Waals surface area contributed by atoms with Crippen LogP contribution in [-0.4, -0.2) is 33.9 Å². The fraction of sp³-hybridized carbons (Fsp3) is 0.222. The normalized spacial score (nSPS) is 17.5. The van der Waals surface area contributed by atoms with Crippen LogP contribution in [0.5, 0.6) is 5.75 Å². The van der Waals surface area contributed by atoms with E-state index in [2.05, 4.69) is 9.97 Å². The molecule has 3 heterocycles. The molecule has 1 unspecified atom stereocenters. The summed E-state index contributed by atoms with van der Waals surface area (Å²) in [5, 5.41) is 11.5. The Kier molecular flexibility index (Phi) is 5.24. The summed E-state index contributed by atoms with van der Waals surface area (Å²) in [5.74, 6) is -0.422. The number of aliphatic hydroxyl groups is 1. The van der Waals surface area contributed by atoms with E-state index >= 15 is 0 Å². The van der Waals surface area contributed by atoms with Gasteiger partial charge in [-0.15, -0.1) is 0 Å². The summed E-state index contributed by atoms with van der Waals surface area (Å²) >= 11 is 0. The molecule has 0 bridgehead atoms. The smallest absolute Gasteiger partial charge is 0.302 e. The number of anilines is 1. The van der Waals surface area contributed by atoms with Crippen molar-refractivity contribution in [2.45, 2.75) is 33.7 Å².